The lowest BCUT2D eigenvalue weighted by Gasteiger charge is -2.29. The molecule has 2 rings (SSSR count). The van der Waals surface area contributed by atoms with Crippen molar-refractivity contribution in [1.29, 1.82) is 0 Å². The van der Waals surface area contributed by atoms with E-state index in [1.165, 1.54) is 4.90 Å². The molecule has 0 aromatic heterocycles. The number of fused-ring (bicyclic) bond motifs is 1. The van der Waals surface area contributed by atoms with Crippen LogP contribution < -0.4 is 16.0 Å². The van der Waals surface area contributed by atoms with Crippen LogP contribution in [0.2, 0.25) is 0 Å². The van der Waals surface area contributed by atoms with E-state index < -0.39 is 0 Å². The molecule has 0 fully saturated rings. The number of nitrogens with zero attached hydrogens (tertiary/aromatic N) is 1. The van der Waals surface area contributed by atoms with Crippen LogP contribution in [0, 0.1) is 0 Å². The van der Waals surface area contributed by atoms with E-state index >= 15 is 0 Å². The van der Waals surface area contributed by atoms with Crippen LogP contribution in [0.5, 0.6) is 0 Å². The van der Waals surface area contributed by atoms with Crippen molar-refractivity contribution in [3.05, 3.63) is 24.3 Å². The second kappa shape index (κ2) is 5.61. The molecule has 0 atom stereocenters. The number of nitrogens with two attached hydrogens (primary N) is 1. The molecular weight excluding hydrogens is 234 g/mol. The average molecular weight is 249 g/mol. The monoisotopic (exact) mass is 249 g/mol. The van der Waals surface area contributed by atoms with E-state index in [-0.39, 0.29) is 25.0 Å². The molecule has 1 aromatic carbocycles. The molecule has 6 heteroatoms. The Bertz CT molecular complexity index is 462. The van der Waals surface area contributed by atoms with Gasteiger partial charge in [0.1, 0.15) is 13.2 Å². The highest BCUT2D eigenvalue weighted by atomic mass is 16.5. The maximum atomic E-state index is 12.0. The quantitative estimate of drug-likeness (QED) is 0.732. The smallest absolute Gasteiger partial charge is 0.253 e. The van der Waals surface area contributed by atoms with Gasteiger partial charge < -0.3 is 15.8 Å². The predicted molar refractivity (Wildman–Crippen MR) is 67.3 cm³/mol. The first-order chi connectivity index (χ1) is 8.72. The standard InChI is InChI=1S/C12H15N3O3/c13-5-6-18-8-12(17)15-7-11(16)14-9-3-1-2-4-10(9)15/h1-4H,5-8,13H2,(H,14,16). The number of benzene rings is 1. The van der Waals surface area contributed by atoms with Crippen molar-refractivity contribution in [1.82, 2.24) is 0 Å². The Morgan fingerprint density at radius 2 is 2.22 bits per heavy atom. The lowest BCUT2D eigenvalue weighted by molar-refractivity contribution is -0.125. The van der Waals surface area contributed by atoms with E-state index in [0.29, 0.717) is 24.5 Å². The number of carbonyl (C=O) groups is 2. The fourth-order valence-corrected chi connectivity index (χ4v) is 1.78. The molecule has 18 heavy (non-hydrogen) atoms. The molecule has 96 valence electrons. The second-order valence-corrected chi connectivity index (χ2v) is 3.89. The van der Waals surface area contributed by atoms with Crippen molar-refractivity contribution in [2.45, 2.75) is 0 Å². The molecule has 1 aliphatic rings. The van der Waals surface area contributed by atoms with Gasteiger partial charge in [0.15, 0.2) is 0 Å². The van der Waals surface area contributed by atoms with Gasteiger partial charge in [-0.05, 0) is 12.1 Å². The normalized spacial score (nSPS) is 14.1. The largest absolute Gasteiger partial charge is 0.370 e. The highest BCUT2D eigenvalue weighted by molar-refractivity contribution is 6.10. The van der Waals surface area contributed by atoms with Crippen LogP contribution >= 0.6 is 0 Å². The van der Waals surface area contributed by atoms with E-state index in [0.717, 1.165) is 0 Å². The number of hydrogen-bond donors (Lipinski definition) is 2. The summed E-state index contributed by atoms with van der Waals surface area (Å²) in [7, 11) is 0. The lowest BCUT2D eigenvalue weighted by Crippen LogP contribution is -2.43. The molecule has 0 radical (unpaired) electrons. The first-order valence-electron chi connectivity index (χ1n) is 5.69. The van der Waals surface area contributed by atoms with Crippen molar-refractivity contribution in [2.24, 2.45) is 5.73 Å². The van der Waals surface area contributed by atoms with Crippen molar-refractivity contribution in [3.8, 4) is 0 Å². The van der Waals surface area contributed by atoms with E-state index in [1.807, 2.05) is 6.07 Å². The van der Waals surface area contributed by atoms with Gasteiger partial charge >= 0.3 is 0 Å². The van der Waals surface area contributed by atoms with Gasteiger partial charge in [-0.1, -0.05) is 12.1 Å². The maximum Gasteiger partial charge on any atom is 0.253 e. The maximum absolute atomic E-state index is 12.0. The summed E-state index contributed by atoms with van der Waals surface area (Å²) >= 11 is 0. The average Bonchev–Trinajstić information content (AvgIpc) is 2.38. The minimum atomic E-state index is -0.245. The van der Waals surface area contributed by atoms with E-state index in [2.05, 4.69) is 5.32 Å². The van der Waals surface area contributed by atoms with Crippen molar-refractivity contribution >= 4 is 23.2 Å². The fourth-order valence-electron chi connectivity index (χ4n) is 1.78. The fraction of sp³-hybridized carbons (Fsp3) is 0.333. The third-order valence-corrected chi connectivity index (χ3v) is 2.56. The van der Waals surface area contributed by atoms with Crippen LogP contribution in [0.4, 0.5) is 11.4 Å². The van der Waals surface area contributed by atoms with Gasteiger partial charge in [0.25, 0.3) is 5.91 Å². The number of para-hydroxylation sites is 2. The molecule has 1 aliphatic heterocycles. The van der Waals surface area contributed by atoms with E-state index in [4.69, 9.17) is 10.5 Å². The molecular formula is C12H15N3O3. The number of hydrogen-bond acceptors (Lipinski definition) is 4. The molecule has 0 spiro atoms. The van der Waals surface area contributed by atoms with Gasteiger partial charge in [-0.2, -0.15) is 0 Å². The van der Waals surface area contributed by atoms with Crippen molar-refractivity contribution < 1.29 is 14.3 Å². The van der Waals surface area contributed by atoms with E-state index in [9.17, 15) is 9.59 Å². The zero-order chi connectivity index (χ0) is 13.0. The minimum Gasteiger partial charge on any atom is -0.370 e. The number of nitrogens with one attached hydrogen (secondary N) is 1. The first-order valence-corrected chi connectivity index (χ1v) is 5.69. The SMILES string of the molecule is NCCOCC(=O)N1CC(=O)Nc2ccccc21. The highest BCUT2D eigenvalue weighted by Gasteiger charge is 2.26. The summed E-state index contributed by atoms with van der Waals surface area (Å²) in [6, 6.07) is 7.17. The summed E-state index contributed by atoms with van der Waals surface area (Å²) in [4.78, 5) is 24.9. The number of rotatable bonds is 4. The number of carbonyl (C=O) groups excluding carboxylic acids is 2. The van der Waals surface area contributed by atoms with Crippen LogP contribution in [-0.2, 0) is 14.3 Å². The second-order valence-electron chi connectivity index (χ2n) is 3.89. The summed E-state index contributed by atoms with van der Waals surface area (Å²) < 4.78 is 5.10. The zero-order valence-corrected chi connectivity index (χ0v) is 9.89. The molecule has 0 saturated heterocycles. The molecule has 0 unspecified atom stereocenters. The molecule has 0 bridgehead atoms. The number of amides is 2. The summed E-state index contributed by atoms with van der Waals surface area (Å²) in [5.41, 5.74) is 6.61. The summed E-state index contributed by atoms with van der Waals surface area (Å²) in [5, 5.41) is 2.72. The number of ether oxygens (including phenoxy) is 1. The Kier molecular flexibility index (Phi) is 3.91. The van der Waals surface area contributed by atoms with Crippen LogP contribution in [0.3, 0.4) is 0 Å². The van der Waals surface area contributed by atoms with Crippen LogP contribution in [0.1, 0.15) is 0 Å². The first kappa shape index (κ1) is 12.5. The Labute approximate surface area is 105 Å². The summed E-state index contributed by atoms with van der Waals surface area (Å²) in [6.45, 7) is 0.637. The summed E-state index contributed by atoms with van der Waals surface area (Å²) in [6.07, 6.45) is 0. The van der Waals surface area contributed by atoms with Crippen LogP contribution in [0.25, 0.3) is 0 Å². The van der Waals surface area contributed by atoms with Crippen LogP contribution in [-0.4, -0.2) is 38.1 Å². The van der Waals surface area contributed by atoms with Gasteiger partial charge in [0, 0.05) is 6.54 Å². The van der Waals surface area contributed by atoms with Gasteiger partial charge in [-0.15, -0.1) is 0 Å². The molecule has 0 aliphatic carbocycles. The Morgan fingerprint density at radius 1 is 1.44 bits per heavy atom. The highest BCUT2D eigenvalue weighted by Crippen LogP contribution is 2.28. The topological polar surface area (TPSA) is 84.7 Å². The Hall–Kier alpha value is -1.92. The minimum absolute atomic E-state index is 0.0157. The lowest BCUT2D eigenvalue weighted by atomic mass is 10.2. The van der Waals surface area contributed by atoms with Crippen LogP contribution in [0.15, 0.2) is 24.3 Å². The third-order valence-electron chi connectivity index (χ3n) is 2.56. The molecule has 2 amide bonds. The summed E-state index contributed by atoms with van der Waals surface area (Å²) in [5.74, 6) is -0.452. The van der Waals surface area contributed by atoms with Gasteiger partial charge in [-0.3, -0.25) is 14.5 Å². The molecule has 6 nitrogen and oxygen atoms in total. The van der Waals surface area contributed by atoms with Gasteiger partial charge in [-0.25, -0.2) is 0 Å². The Balaban J connectivity index is 2.13. The predicted octanol–water partition coefficient (Wildman–Crippen LogP) is -0.0530. The van der Waals surface area contributed by atoms with Crippen molar-refractivity contribution in [3.63, 3.8) is 0 Å². The van der Waals surface area contributed by atoms with Gasteiger partial charge in [0.2, 0.25) is 5.91 Å². The molecule has 1 aromatic rings. The molecule has 1 heterocycles. The zero-order valence-electron chi connectivity index (χ0n) is 9.89. The third kappa shape index (κ3) is 2.66. The number of anilines is 2. The van der Waals surface area contributed by atoms with Gasteiger partial charge in [0.05, 0.1) is 18.0 Å². The molecule has 3 N–H and O–H groups in total. The Morgan fingerprint density at radius 3 is 3.00 bits per heavy atom. The molecule has 0 saturated carbocycles. The van der Waals surface area contributed by atoms with Crippen molar-refractivity contribution in [2.75, 3.05) is 36.5 Å². The van der Waals surface area contributed by atoms with E-state index in [1.54, 1.807) is 18.2 Å².